The number of rotatable bonds is 13. The zero-order valence-electron chi connectivity index (χ0n) is 25.5. The molecule has 12 nitrogen and oxygen atoms in total. The van der Waals surface area contributed by atoms with E-state index in [0.29, 0.717) is 12.0 Å². The van der Waals surface area contributed by atoms with E-state index >= 15 is 0 Å². The molecule has 0 bridgehead atoms. The average Bonchev–Trinajstić information content (AvgIpc) is 2.84. The highest BCUT2D eigenvalue weighted by Crippen LogP contribution is 2.30. The Hall–Kier alpha value is -3.54. The van der Waals surface area contributed by atoms with E-state index in [9.17, 15) is 24.3 Å². The molecule has 0 aliphatic carbocycles. The maximum atomic E-state index is 12.4. The van der Waals surface area contributed by atoms with Crippen molar-refractivity contribution in [2.45, 2.75) is 93.4 Å². The quantitative estimate of drug-likeness (QED) is 0.165. The van der Waals surface area contributed by atoms with Crippen LogP contribution in [0.25, 0.3) is 0 Å². The van der Waals surface area contributed by atoms with Gasteiger partial charge in [0, 0.05) is 6.54 Å². The summed E-state index contributed by atoms with van der Waals surface area (Å²) in [4.78, 5) is 48.4. The molecule has 2 unspecified atom stereocenters. The Labute approximate surface area is 241 Å². The van der Waals surface area contributed by atoms with E-state index < -0.39 is 36.6 Å². The Morgan fingerprint density at radius 1 is 0.805 bits per heavy atom. The summed E-state index contributed by atoms with van der Waals surface area (Å²) in [5.41, 5.74) is -0.165. The zero-order valence-corrected chi connectivity index (χ0v) is 25.5. The fourth-order valence-corrected chi connectivity index (χ4v) is 2.90. The highest BCUT2D eigenvalue weighted by Gasteiger charge is 2.24. The van der Waals surface area contributed by atoms with Crippen LogP contribution in [0.3, 0.4) is 0 Å². The maximum absolute atomic E-state index is 12.4. The standard InChI is InChI=1S/C29H45NO11/c1-10-18(2)38-27(35)39-19(3)15-30-21(24(31)32)13-20-11-12-22(40-25(33)36-16-28(4,5)6)23(14-20)41-26(34)37-17-29(7,8)9/h11-12,14,18-19,21,30H,10,13,15-17H2,1-9H3,(H,31,32)/t18?,19?,21-/m0/s1. The van der Waals surface area contributed by atoms with Crippen LogP contribution in [-0.4, -0.2) is 67.6 Å². The van der Waals surface area contributed by atoms with Crippen LogP contribution in [0, 0.1) is 10.8 Å². The van der Waals surface area contributed by atoms with Gasteiger partial charge >= 0.3 is 24.4 Å². The first-order valence-corrected chi connectivity index (χ1v) is 13.5. The van der Waals surface area contributed by atoms with Gasteiger partial charge in [-0.25, -0.2) is 14.4 Å². The Kier molecular flexibility index (Phi) is 13.9. The van der Waals surface area contributed by atoms with Crippen LogP contribution in [0.15, 0.2) is 18.2 Å². The molecule has 1 aromatic carbocycles. The molecule has 0 heterocycles. The van der Waals surface area contributed by atoms with Gasteiger partial charge in [-0.1, -0.05) is 54.5 Å². The van der Waals surface area contributed by atoms with Crippen molar-refractivity contribution in [2.75, 3.05) is 19.8 Å². The third kappa shape index (κ3) is 15.7. The van der Waals surface area contributed by atoms with Crippen molar-refractivity contribution < 1.29 is 52.7 Å². The largest absolute Gasteiger partial charge is 0.513 e. The molecule has 1 aromatic rings. The van der Waals surface area contributed by atoms with Gasteiger partial charge in [-0.3, -0.25) is 4.79 Å². The number of nitrogens with one attached hydrogen (secondary N) is 1. The second-order valence-corrected chi connectivity index (χ2v) is 12.2. The number of carboxylic acids is 1. The smallest absolute Gasteiger partial charge is 0.480 e. The fraction of sp³-hybridized carbons (Fsp3) is 0.655. The minimum atomic E-state index is -1.16. The Bertz CT molecular complexity index is 1030. The molecule has 0 aliphatic heterocycles. The first-order valence-electron chi connectivity index (χ1n) is 13.5. The fourth-order valence-electron chi connectivity index (χ4n) is 2.90. The van der Waals surface area contributed by atoms with Gasteiger partial charge in [0.1, 0.15) is 18.2 Å². The lowest BCUT2D eigenvalue weighted by atomic mass is 9.99. The highest BCUT2D eigenvalue weighted by atomic mass is 16.7. The summed E-state index contributed by atoms with van der Waals surface area (Å²) in [5.74, 6) is -1.41. The van der Waals surface area contributed by atoms with Gasteiger partial charge in [0.2, 0.25) is 0 Å². The van der Waals surface area contributed by atoms with E-state index in [0.717, 1.165) is 0 Å². The third-order valence-electron chi connectivity index (χ3n) is 5.20. The number of benzene rings is 1. The first-order chi connectivity index (χ1) is 18.9. The summed E-state index contributed by atoms with van der Waals surface area (Å²) in [6.07, 6.45) is -3.23. The molecular formula is C29H45NO11. The number of hydrogen-bond acceptors (Lipinski definition) is 11. The number of carboxylic acid groups (broad SMARTS) is 1. The number of carbonyl (C=O) groups excluding carboxylic acids is 3. The molecule has 0 saturated heterocycles. The van der Waals surface area contributed by atoms with Crippen molar-refractivity contribution in [3.8, 4) is 11.5 Å². The van der Waals surface area contributed by atoms with Crippen LogP contribution >= 0.6 is 0 Å². The van der Waals surface area contributed by atoms with Crippen LogP contribution in [0.4, 0.5) is 14.4 Å². The molecular weight excluding hydrogens is 538 g/mol. The Balaban J connectivity index is 3.02. The van der Waals surface area contributed by atoms with Crippen molar-refractivity contribution >= 4 is 24.4 Å². The zero-order chi connectivity index (χ0) is 31.4. The highest BCUT2D eigenvalue weighted by molar-refractivity contribution is 5.74. The van der Waals surface area contributed by atoms with Crippen LogP contribution in [0.1, 0.15) is 74.3 Å². The summed E-state index contributed by atoms with van der Waals surface area (Å²) < 4.78 is 31.1. The summed E-state index contributed by atoms with van der Waals surface area (Å²) in [6.45, 7) is 16.7. The van der Waals surface area contributed by atoms with E-state index in [4.69, 9.17) is 28.4 Å². The normalized spacial score (nSPS) is 13.8. The molecule has 2 N–H and O–H groups in total. The van der Waals surface area contributed by atoms with Gasteiger partial charge in [-0.2, -0.15) is 0 Å². The van der Waals surface area contributed by atoms with Crippen LogP contribution < -0.4 is 14.8 Å². The van der Waals surface area contributed by atoms with Crippen molar-refractivity contribution in [1.29, 1.82) is 0 Å². The molecule has 41 heavy (non-hydrogen) atoms. The van der Waals surface area contributed by atoms with Crippen molar-refractivity contribution in [2.24, 2.45) is 10.8 Å². The SMILES string of the molecule is CCC(C)OC(=O)OC(C)CN[C@@H](Cc1ccc(OC(=O)OCC(C)(C)C)c(OC(=O)OCC(C)(C)C)c1)C(=O)O. The van der Waals surface area contributed by atoms with Gasteiger partial charge in [0.05, 0.1) is 13.2 Å². The predicted octanol–water partition coefficient (Wildman–Crippen LogP) is 5.74. The lowest BCUT2D eigenvalue weighted by Gasteiger charge is -2.20. The Morgan fingerprint density at radius 2 is 1.32 bits per heavy atom. The first kappa shape index (κ1) is 35.5. The molecule has 0 radical (unpaired) electrons. The molecule has 0 saturated carbocycles. The third-order valence-corrected chi connectivity index (χ3v) is 5.20. The van der Waals surface area contributed by atoms with Crippen LogP contribution in [-0.2, 0) is 30.2 Å². The van der Waals surface area contributed by atoms with Gasteiger partial charge < -0.3 is 38.8 Å². The molecule has 232 valence electrons. The predicted molar refractivity (Wildman–Crippen MR) is 149 cm³/mol. The average molecular weight is 584 g/mol. The molecule has 1 rings (SSSR count). The number of ether oxygens (including phenoxy) is 6. The summed E-state index contributed by atoms with van der Waals surface area (Å²) >= 11 is 0. The van der Waals surface area contributed by atoms with E-state index in [-0.39, 0.29) is 54.6 Å². The number of hydrogen-bond donors (Lipinski definition) is 2. The lowest BCUT2D eigenvalue weighted by Crippen LogP contribution is -2.42. The summed E-state index contributed by atoms with van der Waals surface area (Å²) in [7, 11) is 0. The second kappa shape index (κ2) is 16.0. The Morgan fingerprint density at radius 3 is 1.80 bits per heavy atom. The number of carbonyl (C=O) groups is 4. The molecule has 12 heteroatoms. The van der Waals surface area contributed by atoms with Crippen LogP contribution in [0.2, 0.25) is 0 Å². The molecule has 0 fully saturated rings. The van der Waals surface area contributed by atoms with Crippen molar-refractivity contribution in [1.82, 2.24) is 5.32 Å². The summed E-state index contributed by atoms with van der Waals surface area (Å²) in [6, 6.07) is 3.19. The lowest BCUT2D eigenvalue weighted by molar-refractivity contribution is -0.139. The maximum Gasteiger partial charge on any atom is 0.513 e. The molecule has 0 aliphatic rings. The van der Waals surface area contributed by atoms with Gasteiger partial charge in [-0.05, 0) is 55.2 Å². The second-order valence-electron chi connectivity index (χ2n) is 12.2. The molecule has 0 spiro atoms. The van der Waals surface area contributed by atoms with Gasteiger partial charge in [-0.15, -0.1) is 0 Å². The van der Waals surface area contributed by atoms with Crippen molar-refractivity contribution in [3.05, 3.63) is 23.8 Å². The van der Waals surface area contributed by atoms with Gasteiger partial charge in [0.15, 0.2) is 11.5 Å². The minimum Gasteiger partial charge on any atom is -0.480 e. The minimum absolute atomic E-state index is 0.0376. The molecule has 0 aromatic heterocycles. The van der Waals surface area contributed by atoms with E-state index in [1.165, 1.54) is 18.2 Å². The van der Waals surface area contributed by atoms with Crippen LogP contribution in [0.5, 0.6) is 11.5 Å². The molecule has 3 atom stereocenters. The van der Waals surface area contributed by atoms with Gasteiger partial charge in [0.25, 0.3) is 0 Å². The van der Waals surface area contributed by atoms with E-state index in [1.54, 1.807) is 13.8 Å². The topological polar surface area (TPSA) is 156 Å². The summed E-state index contributed by atoms with van der Waals surface area (Å²) in [5, 5.41) is 12.6. The van der Waals surface area contributed by atoms with Crippen molar-refractivity contribution in [3.63, 3.8) is 0 Å². The molecule has 0 amide bonds. The van der Waals surface area contributed by atoms with E-state index in [2.05, 4.69) is 5.32 Å². The van der Waals surface area contributed by atoms with E-state index in [1.807, 2.05) is 48.5 Å². The number of aliphatic carboxylic acids is 1. The monoisotopic (exact) mass is 583 g/mol.